The van der Waals surface area contributed by atoms with Crippen molar-refractivity contribution in [1.82, 2.24) is 14.9 Å². The Hall–Kier alpha value is -3.68. The molecule has 2 aliphatic rings. The fraction of sp³-hybridized carbons (Fsp3) is 0.370. The number of benzene rings is 2. The van der Waals surface area contributed by atoms with Crippen LogP contribution in [0, 0.1) is 12.7 Å². The number of carbonyl (C=O) groups excluding carboxylic acids is 1. The first-order chi connectivity index (χ1) is 16.9. The first-order valence-electron chi connectivity index (χ1n) is 12.1. The van der Waals surface area contributed by atoms with Crippen molar-refractivity contribution >= 4 is 23.4 Å². The predicted molar refractivity (Wildman–Crippen MR) is 137 cm³/mol. The average Bonchev–Trinajstić information content (AvgIpc) is 2.88. The Morgan fingerprint density at radius 2 is 1.66 bits per heavy atom. The standard InChI is InChI=1S/C27H31FN6O/c1-19-5-4-6-20(17-19)26(35)34-12-11-24-23(18-34)25(31(2)3)30-27(29-24)33-15-13-32(14-16-33)22-9-7-21(28)8-10-22/h4-10,17H,11-16,18H2,1-3H3. The molecule has 1 fully saturated rings. The van der Waals surface area contributed by atoms with Crippen LogP contribution >= 0.6 is 0 Å². The summed E-state index contributed by atoms with van der Waals surface area (Å²) in [4.78, 5) is 31.4. The summed E-state index contributed by atoms with van der Waals surface area (Å²) in [5.41, 5.74) is 4.87. The van der Waals surface area contributed by atoms with Gasteiger partial charge >= 0.3 is 0 Å². The highest BCUT2D eigenvalue weighted by Gasteiger charge is 2.29. The minimum absolute atomic E-state index is 0.0463. The molecule has 0 unspecified atom stereocenters. The van der Waals surface area contributed by atoms with Crippen molar-refractivity contribution in [3.05, 3.63) is 76.7 Å². The number of hydrogen-bond donors (Lipinski definition) is 0. The molecule has 3 heterocycles. The van der Waals surface area contributed by atoms with Gasteiger partial charge in [0.25, 0.3) is 5.91 Å². The summed E-state index contributed by atoms with van der Waals surface area (Å²) in [7, 11) is 3.97. The zero-order chi connectivity index (χ0) is 24.5. The van der Waals surface area contributed by atoms with E-state index in [4.69, 9.17) is 9.97 Å². The SMILES string of the molecule is Cc1cccc(C(=O)N2CCc3nc(N4CCN(c5ccc(F)cc5)CC4)nc(N(C)C)c3C2)c1. The monoisotopic (exact) mass is 474 g/mol. The van der Waals surface area contributed by atoms with E-state index in [1.807, 2.05) is 67.2 Å². The Morgan fingerprint density at radius 1 is 0.943 bits per heavy atom. The van der Waals surface area contributed by atoms with Crippen molar-refractivity contribution in [3.8, 4) is 0 Å². The third kappa shape index (κ3) is 4.78. The lowest BCUT2D eigenvalue weighted by Crippen LogP contribution is -2.47. The molecule has 0 N–H and O–H groups in total. The Bertz CT molecular complexity index is 1220. The first kappa shape index (κ1) is 23.1. The van der Waals surface area contributed by atoms with Gasteiger partial charge in [-0.25, -0.2) is 9.37 Å². The average molecular weight is 475 g/mol. The molecule has 0 aliphatic carbocycles. The molecule has 35 heavy (non-hydrogen) atoms. The van der Waals surface area contributed by atoms with E-state index in [-0.39, 0.29) is 11.7 Å². The van der Waals surface area contributed by atoms with Crippen LogP contribution in [-0.2, 0) is 13.0 Å². The lowest BCUT2D eigenvalue weighted by molar-refractivity contribution is 0.0733. The molecule has 1 aromatic heterocycles. The number of aryl methyl sites for hydroxylation is 1. The summed E-state index contributed by atoms with van der Waals surface area (Å²) in [5.74, 6) is 1.44. The summed E-state index contributed by atoms with van der Waals surface area (Å²) in [5, 5.41) is 0. The lowest BCUT2D eigenvalue weighted by Gasteiger charge is -2.37. The van der Waals surface area contributed by atoms with E-state index in [1.165, 1.54) is 12.1 Å². The van der Waals surface area contributed by atoms with Gasteiger partial charge < -0.3 is 19.6 Å². The highest BCUT2D eigenvalue weighted by atomic mass is 19.1. The zero-order valence-corrected chi connectivity index (χ0v) is 20.5. The van der Waals surface area contributed by atoms with Crippen molar-refractivity contribution in [2.45, 2.75) is 19.9 Å². The maximum Gasteiger partial charge on any atom is 0.254 e. The molecule has 0 spiro atoms. The van der Waals surface area contributed by atoms with Crippen molar-refractivity contribution in [2.24, 2.45) is 0 Å². The third-order valence-electron chi connectivity index (χ3n) is 6.76. The third-order valence-corrected chi connectivity index (χ3v) is 6.76. The van der Waals surface area contributed by atoms with Crippen LogP contribution in [0.2, 0.25) is 0 Å². The second kappa shape index (κ2) is 9.52. The topological polar surface area (TPSA) is 55.8 Å². The van der Waals surface area contributed by atoms with Gasteiger partial charge in [-0.1, -0.05) is 17.7 Å². The van der Waals surface area contributed by atoms with Crippen LogP contribution in [0.3, 0.4) is 0 Å². The van der Waals surface area contributed by atoms with E-state index in [1.54, 1.807) is 0 Å². The summed E-state index contributed by atoms with van der Waals surface area (Å²) in [6.07, 6.45) is 0.707. The smallest absolute Gasteiger partial charge is 0.254 e. The number of amides is 1. The molecule has 5 rings (SSSR count). The molecule has 1 amide bonds. The molecule has 0 atom stereocenters. The minimum atomic E-state index is -0.217. The summed E-state index contributed by atoms with van der Waals surface area (Å²) in [6, 6.07) is 14.4. The second-order valence-corrected chi connectivity index (χ2v) is 9.46. The van der Waals surface area contributed by atoms with Crippen LogP contribution < -0.4 is 14.7 Å². The number of aromatic nitrogens is 2. The number of halogens is 1. The quantitative estimate of drug-likeness (QED) is 0.577. The zero-order valence-electron chi connectivity index (χ0n) is 20.5. The fourth-order valence-corrected chi connectivity index (χ4v) is 4.85. The van der Waals surface area contributed by atoms with Gasteiger partial charge in [0.05, 0.1) is 12.2 Å². The Labute approximate surface area is 205 Å². The van der Waals surface area contributed by atoms with Crippen LogP contribution in [0.1, 0.15) is 27.2 Å². The van der Waals surface area contributed by atoms with Gasteiger partial charge in [-0.15, -0.1) is 0 Å². The van der Waals surface area contributed by atoms with E-state index in [0.29, 0.717) is 19.5 Å². The number of carbonyl (C=O) groups is 1. The summed E-state index contributed by atoms with van der Waals surface area (Å²) >= 11 is 0. The molecule has 2 aromatic carbocycles. The van der Waals surface area contributed by atoms with Crippen molar-refractivity contribution in [3.63, 3.8) is 0 Å². The molecular formula is C27H31FN6O. The van der Waals surface area contributed by atoms with Gasteiger partial charge in [0.2, 0.25) is 5.95 Å². The van der Waals surface area contributed by atoms with Gasteiger partial charge in [-0.05, 0) is 43.3 Å². The van der Waals surface area contributed by atoms with E-state index >= 15 is 0 Å². The maximum atomic E-state index is 13.3. The number of anilines is 3. The Kier molecular flexibility index (Phi) is 6.28. The van der Waals surface area contributed by atoms with Crippen molar-refractivity contribution in [2.75, 3.05) is 61.5 Å². The first-order valence-corrected chi connectivity index (χ1v) is 12.1. The normalized spacial score (nSPS) is 15.7. The number of nitrogens with zero attached hydrogens (tertiary/aromatic N) is 6. The maximum absolute atomic E-state index is 13.3. The molecular weight excluding hydrogens is 443 g/mol. The van der Waals surface area contributed by atoms with E-state index < -0.39 is 0 Å². The fourth-order valence-electron chi connectivity index (χ4n) is 4.85. The van der Waals surface area contributed by atoms with Crippen LogP contribution in [0.5, 0.6) is 0 Å². The molecule has 2 aliphatic heterocycles. The molecule has 1 saturated heterocycles. The molecule has 0 radical (unpaired) electrons. The van der Waals surface area contributed by atoms with E-state index in [0.717, 1.165) is 66.0 Å². The highest BCUT2D eigenvalue weighted by molar-refractivity contribution is 5.94. The molecule has 8 heteroatoms. The van der Waals surface area contributed by atoms with Crippen LogP contribution in [0.15, 0.2) is 48.5 Å². The largest absolute Gasteiger partial charge is 0.368 e. The van der Waals surface area contributed by atoms with Gasteiger partial charge in [0.1, 0.15) is 11.6 Å². The van der Waals surface area contributed by atoms with Gasteiger partial charge in [0.15, 0.2) is 0 Å². The predicted octanol–water partition coefficient (Wildman–Crippen LogP) is 3.52. The second-order valence-electron chi connectivity index (χ2n) is 9.46. The van der Waals surface area contributed by atoms with E-state index in [2.05, 4.69) is 9.80 Å². The van der Waals surface area contributed by atoms with Crippen LogP contribution in [0.25, 0.3) is 0 Å². The van der Waals surface area contributed by atoms with Gasteiger partial charge in [-0.2, -0.15) is 4.98 Å². The highest BCUT2D eigenvalue weighted by Crippen LogP contribution is 2.29. The number of fused-ring (bicyclic) bond motifs is 1. The molecule has 0 bridgehead atoms. The minimum Gasteiger partial charge on any atom is -0.368 e. The molecule has 3 aromatic rings. The van der Waals surface area contributed by atoms with E-state index in [9.17, 15) is 9.18 Å². The Balaban J connectivity index is 1.34. The molecule has 0 saturated carbocycles. The summed E-state index contributed by atoms with van der Waals surface area (Å²) < 4.78 is 13.3. The van der Waals surface area contributed by atoms with Crippen LogP contribution in [0.4, 0.5) is 21.8 Å². The molecule has 7 nitrogen and oxygen atoms in total. The lowest BCUT2D eigenvalue weighted by atomic mass is 10.0. The van der Waals surface area contributed by atoms with Crippen LogP contribution in [-0.4, -0.2) is 67.6 Å². The van der Waals surface area contributed by atoms with Crippen molar-refractivity contribution in [1.29, 1.82) is 0 Å². The van der Waals surface area contributed by atoms with Gasteiger partial charge in [0, 0.05) is 70.1 Å². The van der Waals surface area contributed by atoms with Gasteiger partial charge in [-0.3, -0.25) is 4.79 Å². The number of piperazine rings is 1. The summed E-state index contributed by atoms with van der Waals surface area (Å²) in [6.45, 7) is 6.38. The number of rotatable bonds is 4. The Morgan fingerprint density at radius 3 is 2.34 bits per heavy atom. The molecule has 182 valence electrons. The van der Waals surface area contributed by atoms with Crippen molar-refractivity contribution < 1.29 is 9.18 Å². The number of hydrogen-bond acceptors (Lipinski definition) is 6.